The molecule has 1 aliphatic heterocycles. The summed E-state index contributed by atoms with van der Waals surface area (Å²) in [6.07, 6.45) is 6.71. The Morgan fingerprint density at radius 1 is 1.67 bits per heavy atom. The summed E-state index contributed by atoms with van der Waals surface area (Å²) in [7, 11) is 0. The van der Waals surface area contributed by atoms with Crippen LogP contribution in [0.5, 0.6) is 0 Å². The Balaban J connectivity index is 2.65. The Hall–Kier alpha value is -0.630. The highest BCUT2D eigenvalue weighted by molar-refractivity contribution is 6.22. The van der Waals surface area contributed by atoms with Crippen molar-refractivity contribution in [2.75, 3.05) is 0 Å². The van der Waals surface area contributed by atoms with Gasteiger partial charge in [-0.2, -0.15) is 0 Å². The molecule has 0 N–H and O–H groups in total. The van der Waals surface area contributed by atoms with Gasteiger partial charge < -0.3 is 0 Å². The number of hydrogen-bond acceptors (Lipinski definition) is 2. The molecule has 2 unspecified atom stereocenters. The van der Waals surface area contributed by atoms with Crippen LogP contribution in [0.25, 0.3) is 0 Å². The Morgan fingerprint density at radius 3 is 2.89 bits per heavy atom. The number of aliphatic imine (C=N–C) groups is 1. The third kappa shape index (κ3) is 1.39. The summed E-state index contributed by atoms with van der Waals surface area (Å²) in [4.78, 5) is 13.8. The lowest BCUT2D eigenvalue weighted by atomic mass is 10.1. The number of hydrogen-bond donors (Lipinski definition) is 0. The monoisotopic (exact) mass is 142 g/mol. The van der Waals surface area contributed by atoms with Crippen molar-refractivity contribution in [2.45, 2.75) is 5.50 Å². The summed E-state index contributed by atoms with van der Waals surface area (Å²) in [5.41, 5.74) is -0.451. The second-order valence-corrected chi connectivity index (χ2v) is 2.15. The van der Waals surface area contributed by atoms with Gasteiger partial charge in [0.25, 0.3) is 0 Å². The van der Waals surface area contributed by atoms with Gasteiger partial charge in [-0.3, -0.25) is 9.79 Å². The molecule has 0 saturated heterocycles. The highest BCUT2D eigenvalue weighted by Gasteiger charge is 2.15. The topological polar surface area (TPSA) is 29.4 Å². The number of rotatable bonds is 1. The van der Waals surface area contributed by atoms with E-state index < -0.39 is 5.50 Å². The lowest BCUT2D eigenvalue weighted by molar-refractivity contribution is 0.534. The molecule has 3 heteroatoms. The zero-order valence-electron chi connectivity index (χ0n) is 4.62. The number of alkyl halides is 1. The maximum atomic E-state index is 10.0. The summed E-state index contributed by atoms with van der Waals surface area (Å²) in [6, 6.07) is 0. The first-order chi connectivity index (χ1) is 4.34. The van der Waals surface area contributed by atoms with E-state index in [4.69, 9.17) is 11.6 Å². The van der Waals surface area contributed by atoms with Gasteiger partial charge in [-0.15, -0.1) is 0 Å². The van der Waals surface area contributed by atoms with Crippen LogP contribution in [0.1, 0.15) is 0 Å². The molecule has 1 aliphatic rings. The van der Waals surface area contributed by atoms with Crippen LogP contribution >= 0.6 is 11.6 Å². The van der Waals surface area contributed by atoms with Crippen molar-refractivity contribution in [3.05, 3.63) is 12.2 Å². The molecule has 9 heavy (non-hydrogen) atoms. The van der Waals surface area contributed by atoms with Crippen molar-refractivity contribution in [3.63, 3.8) is 0 Å². The third-order valence-corrected chi connectivity index (χ3v) is 1.45. The van der Waals surface area contributed by atoms with E-state index in [1.165, 1.54) is 0 Å². The minimum Gasteiger partial charge on any atom is -0.290 e. The Morgan fingerprint density at radius 2 is 2.44 bits per heavy atom. The van der Waals surface area contributed by atoms with Crippen LogP contribution in [0, 0.1) is 5.92 Å². The average Bonchev–Trinajstić information content (AvgIpc) is 1.89. The lowest BCUT2D eigenvalue weighted by Gasteiger charge is -2.08. The van der Waals surface area contributed by atoms with Crippen LogP contribution < -0.4 is 0 Å². The molecule has 1 radical (unpaired) electrons. The van der Waals surface area contributed by atoms with Crippen LogP contribution in [0.4, 0.5) is 0 Å². The molecule has 0 aromatic carbocycles. The molecule has 1 rings (SSSR count). The first-order valence-electron chi connectivity index (χ1n) is 2.56. The smallest absolute Gasteiger partial charge is 0.209 e. The van der Waals surface area contributed by atoms with Crippen molar-refractivity contribution in [1.82, 2.24) is 0 Å². The molecule has 0 bridgehead atoms. The number of allylic oxidation sites excluding steroid dienone is 1. The molecule has 0 fully saturated rings. The van der Waals surface area contributed by atoms with E-state index in [0.29, 0.717) is 0 Å². The molecule has 2 nitrogen and oxygen atoms in total. The van der Waals surface area contributed by atoms with Gasteiger partial charge in [0, 0.05) is 6.21 Å². The number of nitrogens with zero attached hydrogens (tertiary/aromatic N) is 1. The maximum Gasteiger partial charge on any atom is 0.209 e. The number of carbonyl (C=O) groups excluding carboxylic acids is 1. The van der Waals surface area contributed by atoms with Crippen LogP contribution in [-0.2, 0) is 4.79 Å². The van der Waals surface area contributed by atoms with Gasteiger partial charge in [0.2, 0.25) is 6.29 Å². The van der Waals surface area contributed by atoms with E-state index in [2.05, 4.69) is 4.99 Å². The van der Waals surface area contributed by atoms with Gasteiger partial charge in [-0.05, 0) is 6.08 Å². The number of dihydropyridines is 1. The SMILES string of the molecule is O=[C]C1C=CC=NC1Cl. The fourth-order valence-electron chi connectivity index (χ4n) is 0.581. The zero-order valence-corrected chi connectivity index (χ0v) is 5.38. The molecule has 0 saturated carbocycles. The summed E-state index contributed by atoms with van der Waals surface area (Å²) >= 11 is 5.57. The second-order valence-electron chi connectivity index (χ2n) is 1.70. The van der Waals surface area contributed by atoms with Crippen LogP contribution in [0.15, 0.2) is 17.1 Å². The normalized spacial score (nSPS) is 32.6. The standard InChI is InChI=1S/C6H5ClNO/c7-6-5(4-9)2-1-3-8-6/h1-3,5-6H. The van der Waals surface area contributed by atoms with Gasteiger partial charge >= 0.3 is 0 Å². The van der Waals surface area contributed by atoms with Gasteiger partial charge in [-0.25, -0.2) is 0 Å². The first kappa shape index (κ1) is 6.49. The van der Waals surface area contributed by atoms with Crippen molar-refractivity contribution in [3.8, 4) is 0 Å². The molecule has 2 atom stereocenters. The van der Waals surface area contributed by atoms with E-state index in [1.54, 1.807) is 24.7 Å². The molecule has 47 valence electrons. The van der Waals surface area contributed by atoms with Gasteiger partial charge in [-0.1, -0.05) is 17.7 Å². The van der Waals surface area contributed by atoms with E-state index in [-0.39, 0.29) is 5.92 Å². The Kier molecular flexibility index (Phi) is 2.01. The minimum atomic E-state index is -0.451. The van der Waals surface area contributed by atoms with Gasteiger partial charge in [0.1, 0.15) is 5.50 Å². The summed E-state index contributed by atoms with van der Waals surface area (Å²) < 4.78 is 0. The molecular weight excluding hydrogens is 138 g/mol. The minimum absolute atomic E-state index is 0.364. The van der Waals surface area contributed by atoms with Gasteiger partial charge in [0.05, 0.1) is 5.92 Å². The quantitative estimate of drug-likeness (QED) is 0.396. The van der Waals surface area contributed by atoms with Crippen molar-refractivity contribution in [1.29, 1.82) is 0 Å². The third-order valence-electron chi connectivity index (χ3n) is 1.07. The van der Waals surface area contributed by atoms with Crippen LogP contribution in [-0.4, -0.2) is 18.0 Å². The fourth-order valence-corrected chi connectivity index (χ4v) is 0.782. The summed E-state index contributed by atoms with van der Waals surface area (Å²) in [5.74, 6) is -0.364. The lowest BCUT2D eigenvalue weighted by Crippen LogP contribution is -2.13. The van der Waals surface area contributed by atoms with Crippen molar-refractivity contribution >= 4 is 24.1 Å². The maximum absolute atomic E-state index is 10.0. The predicted octanol–water partition coefficient (Wildman–Crippen LogP) is 0.918. The molecule has 0 aromatic rings. The van der Waals surface area contributed by atoms with E-state index >= 15 is 0 Å². The molecule has 0 aliphatic carbocycles. The summed E-state index contributed by atoms with van der Waals surface area (Å²) in [6.45, 7) is 0. The molecule has 1 heterocycles. The fraction of sp³-hybridized carbons (Fsp3) is 0.333. The molecule has 0 spiro atoms. The highest BCUT2D eigenvalue weighted by atomic mass is 35.5. The van der Waals surface area contributed by atoms with E-state index in [1.807, 2.05) is 0 Å². The van der Waals surface area contributed by atoms with E-state index in [0.717, 1.165) is 0 Å². The zero-order chi connectivity index (χ0) is 6.69. The Labute approximate surface area is 58.2 Å². The highest BCUT2D eigenvalue weighted by Crippen LogP contribution is 2.13. The van der Waals surface area contributed by atoms with E-state index in [9.17, 15) is 4.79 Å². The van der Waals surface area contributed by atoms with Crippen molar-refractivity contribution in [2.24, 2.45) is 10.9 Å². The summed E-state index contributed by atoms with van der Waals surface area (Å²) in [5, 5.41) is 0. The Bertz CT molecular complexity index is 164. The second kappa shape index (κ2) is 2.78. The largest absolute Gasteiger partial charge is 0.290 e. The average molecular weight is 143 g/mol. The van der Waals surface area contributed by atoms with Crippen LogP contribution in [0.2, 0.25) is 0 Å². The van der Waals surface area contributed by atoms with Crippen LogP contribution in [0.3, 0.4) is 0 Å². The first-order valence-corrected chi connectivity index (χ1v) is 3.00. The molecular formula is C6H5ClNO. The molecule has 0 aromatic heterocycles. The predicted molar refractivity (Wildman–Crippen MR) is 36.5 cm³/mol. The molecule has 0 amide bonds. The van der Waals surface area contributed by atoms with Crippen molar-refractivity contribution < 1.29 is 4.79 Å². The van der Waals surface area contributed by atoms with Gasteiger partial charge in [0.15, 0.2) is 0 Å². The number of halogens is 1.